The number of alkyl halides is 6. The van der Waals surface area contributed by atoms with Crippen LogP contribution < -0.4 is 5.48 Å². The van der Waals surface area contributed by atoms with Gasteiger partial charge < -0.3 is 19.7 Å². The van der Waals surface area contributed by atoms with Gasteiger partial charge in [0, 0.05) is 48.5 Å². The van der Waals surface area contributed by atoms with Crippen LogP contribution in [0.3, 0.4) is 0 Å². The molecule has 4 rings (SSSR count). The summed E-state index contributed by atoms with van der Waals surface area (Å²) in [6.07, 6.45) is -5.31. The van der Waals surface area contributed by atoms with Gasteiger partial charge in [0.15, 0.2) is 0 Å². The first-order valence-electron chi connectivity index (χ1n) is 13.8. The summed E-state index contributed by atoms with van der Waals surface area (Å²) in [6.45, 7) is 3.89. The fourth-order valence-corrected chi connectivity index (χ4v) is 5.16. The van der Waals surface area contributed by atoms with E-state index in [-0.39, 0.29) is 12.6 Å². The Morgan fingerprint density at radius 3 is 2.40 bits per heavy atom. The third-order valence-corrected chi connectivity index (χ3v) is 7.20. The number of piperazine rings is 1. The lowest BCUT2D eigenvalue weighted by Gasteiger charge is -2.41. The van der Waals surface area contributed by atoms with Crippen LogP contribution in [0.15, 0.2) is 60.6 Å². The maximum Gasteiger partial charge on any atom is 0.416 e. The third-order valence-electron chi connectivity index (χ3n) is 7.20. The van der Waals surface area contributed by atoms with Crippen LogP contribution in [0.5, 0.6) is 0 Å². The highest BCUT2D eigenvalue weighted by Gasteiger charge is 2.39. The number of amides is 1. The highest BCUT2D eigenvalue weighted by Crippen LogP contribution is 2.37. The van der Waals surface area contributed by atoms with Crippen molar-refractivity contribution in [2.75, 3.05) is 46.9 Å². The maximum absolute atomic E-state index is 13.7. The molecule has 0 saturated carbocycles. The summed E-state index contributed by atoms with van der Waals surface area (Å²) in [7, 11) is 3.94. The molecule has 0 spiro atoms. The number of hydrogen-bond donors (Lipinski definition) is 2. The standard InChI is InChI=1S/C30H35F6N5O2/c1-20(38-43-12-6-9-39(2)3)18-40-10-11-41(25(19-40)15-22-17-37-27-8-5-4-7-26(22)27)28(42)21-13-23(29(31,32)33)16-24(14-21)30(34,35)36/h4-5,7-8,13-14,16-18,25,37-38H,6,9-12,15,19H2,1-3H3/t25-/m1/s1. The van der Waals surface area contributed by atoms with E-state index in [1.54, 1.807) is 0 Å². The first-order valence-corrected chi connectivity index (χ1v) is 13.8. The second-order valence-electron chi connectivity index (χ2n) is 10.9. The molecule has 1 aromatic heterocycles. The lowest BCUT2D eigenvalue weighted by atomic mass is 9.99. The highest BCUT2D eigenvalue weighted by atomic mass is 19.4. The van der Waals surface area contributed by atoms with E-state index in [0.717, 1.165) is 29.4 Å². The number of aromatic nitrogens is 1. The van der Waals surface area contributed by atoms with Crippen LogP contribution in [0.1, 0.15) is 40.4 Å². The molecule has 43 heavy (non-hydrogen) atoms. The summed E-state index contributed by atoms with van der Waals surface area (Å²) in [4.78, 5) is 27.7. The van der Waals surface area contributed by atoms with Crippen LogP contribution >= 0.6 is 0 Å². The number of carbonyl (C=O) groups excluding carboxylic acids is 1. The molecule has 1 fully saturated rings. The Labute approximate surface area is 246 Å². The van der Waals surface area contributed by atoms with Crippen LogP contribution in [0, 0.1) is 0 Å². The molecule has 2 N–H and O–H groups in total. The maximum atomic E-state index is 13.7. The lowest BCUT2D eigenvalue weighted by molar-refractivity contribution is -0.143. The summed E-state index contributed by atoms with van der Waals surface area (Å²) in [5.74, 6) is -0.885. The van der Waals surface area contributed by atoms with Gasteiger partial charge >= 0.3 is 12.4 Å². The molecule has 1 atom stereocenters. The van der Waals surface area contributed by atoms with Crippen molar-refractivity contribution in [2.24, 2.45) is 0 Å². The molecule has 0 radical (unpaired) electrons. The number of rotatable bonds is 10. The topological polar surface area (TPSA) is 63.8 Å². The zero-order chi connectivity index (χ0) is 31.4. The van der Waals surface area contributed by atoms with Gasteiger partial charge in [0.05, 0.1) is 29.5 Å². The molecule has 1 aliphatic heterocycles. The van der Waals surface area contributed by atoms with Crippen LogP contribution in [-0.2, 0) is 23.6 Å². The van der Waals surface area contributed by atoms with E-state index in [1.165, 1.54) is 4.90 Å². The summed E-state index contributed by atoms with van der Waals surface area (Å²) >= 11 is 0. The van der Waals surface area contributed by atoms with E-state index in [4.69, 9.17) is 4.84 Å². The fraction of sp³-hybridized carbons (Fsp3) is 0.433. The number of nitrogens with zero attached hydrogens (tertiary/aromatic N) is 3. The number of allylic oxidation sites excluding steroid dienone is 1. The molecular weight excluding hydrogens is 576 g/mol. The number of fused-ring (bicyclic) bond motifs is 1. The number of aromatic amines is 1. The largest absolute Gasteiger partial charge is 0.416 e. The SMILES string of the molecule is CC(=CN1CCN(C(=O)c2cc(C(F)(F)F)cc(C(F)(F)F)c2)[C@H](Cc2c[nH]c3ccccc23)C1)NOCCCN(C)C. The minimum absolute atomic E-state index is 0.0291. The number of halogens is 6. The molecule has 0 bridgehead atoms. The molecule has 1 amide bonds. The van der Waals surface area contributed by atoms with E-state index >= 15 is 0 Å². The number of nitrogens with one attached hydrogen (secondary N) is 2. The van der Waals surface area contributed by atoms with Crippen molar-refractivity contribution in [1.29, 1.82) is 0 Å². The summed E-state index contributed by atoms with van der Waals surface area (Å²) in [5.41, 5.74) is 1.66. The fourth-order valence-electron chi connectivity index (χ4n) is 5.16. The molecule has 7 nitrogen and oxygen atoms in total. The number of hydrogen-bond acceptors (Lipinski definition) is 5. The molecule has 0 unspecified atom stereocenters. The van der Waals surface area contributed by atoms with Crippen molar-refractivity contribution < 1.29 is 36.0 Å². The molecule has 1 saturated heterocycles. The Bertz CT molecular complexity index is 1400. The van der Waals surface area contributed by atoms with Gasteiger partial charge in [0.1, 0.15) is 0 Å². The van der Waals surface area contributed by atoms with Gasteiger partial charge in [-0.2, -0.15) is 26.3 Å². The Morgan fingerprint density at radius 1 is 1.07 bits per heavy atom. The number of hydroxylamine groups is 1. The van der Waals surface area contributed by atoms with E-state index in [1.807, 2.05) is 67.5 Å². The Balaban J connectivity index is 1.59. The van der Waals surface area contributed by atoms with Crippen LogP contribution in [-0.4, -0.2) is 78.5 Å². The van der Waals surface area contributed by atoms with Crippen molar-refractivity contribution in [3.05, 3.63) is 82.8 Å². The van der Waals surface area contributed by atoms with E-state index < -0.39 is 41.0 Å². The van der Waals surface area contributed by atoms with Gasteiger partial charge in [-0.1, -0.05) is 18.2 Å². The van der Waals surface area contributed by atoms with Crippen LogP contribution in [0.4, 0.5) is 26.3 Å². The Hall–Kier alpha value is -3.71. The normalized spacial score (nSPS) is 16.8. The Kier molecular flexibility index (Phi) is 9.96. The first kappa shape index (κ1) is 32.2. The van der Waals surface area contributed by atoms with Gasteiger partial charge in [-0.15, -0.1) is 0 Å². The van der Waals surface area contributed by atoms with Gasteiger partial charge in [0.25, 0.3) is 5.91 Å². The smallest absolute Gasteiger partial charge is 0.372 e. The van der Waals surface area contributed by atoms with Crippen molar-refractivity contribution in [3.8, 4) is 0 Å². The second-order valence-corrected chi connectivity index (χ2v) is 10.9. The minimum Gasteiger partial charge on any atom is -0.372 e. The van der Waals surface area contributed by atoms with Gasteiger partial charge in [-0.05, 0) is 70.2 Å². The zero-order valence-electron chi connectivity index (χ0n) is 24.1. The molecule has 1 aliphatic rings. The van der Waals surface area contributed by atoms with Gasteiger partial charge in [0.2, 0.25) is 0 Å². The average Bonchev–Trinajstić information content (AvgIpc) is 3.34. The summed E-state index contributed by atoms with van der Waals surface area (Å²) in [5, 5.41) is 0.921. The number of H-pyrrole nitrogens is 1. The number of carbonyl (C=O) groups is 1. The second kappa shape index (κ2) is 13.3. The molecular formula is C30H35F6N5O2. The molecule has 3 aromatic rings. The van der Waals surface area contributed by atoms with E-state index in [0.29, 0.717) is 43.9 Å². The molecule has 2 aromatic carbocycles. The van der Waals surface area contributed by atoms with Crippen molar-refractivity contribution in [3.63, 3.8) is 0 Å². The van der Waals surface area contributed by atoms with Gasteiger partial charge in [-0.25, -0.2) is 0 Å². The summed E-state index contributed by atoms with van der Waals surface area (Å²) in [6, 6.07) is 8.02. The predicted octanol–water partition coefficient (Wildman–Crippen LogP) is 5.91. The molecule has 13 heteroatoms. The quantitative estimate of drug-likeness (QED) is 0.170. The van der Waals surface area contributed by atoms with Crippen LogP contribution in [0.25, 0.3) is 10.9 Å². The lowest BCUT2D eigenvalue weighted by Crippen LogP contribution is -2.54. The van der Waals surface area contributed by atoms with Crippen molar-refractivity contribution in [1.82, 2.24) is 25.2 Å². The zero-order valence-corrected chi connectivity index (χ0v) is 24.1. The third kappa shape index (κ3) is 8.44. The monoisotopic (exact) mass is 611 g/mol. The molecule has 2 heterocycles. The first-order chi connectivity index (χ1) is 20.2. The van der Waals surface area contributed by atoms with Crippen molar-refractivity contribution in [2.45, 2.75) is 38.2 Å². The minimum atomic E-state index is -5.05. The van der Waals surface area contributed by atoms with Gasteiger partial charge in [-0.3, -0.25) is 15.1 Å². The molecule has 234 valence electrons. The number of benzene rings is 2. The highest BCUT2D eigenvalue weighted by molar-refractivity contribution is 5.95. The predicted molar refractivity (Wildman–Crippen MR) is 151 cm³/mol. The summed E-state index contributed by atoms with van der Waals surface area (Å²) < 4.78 is 81.2. The van der Waals surface area contributed by atoms with Crippen molar-refractivity contribution >= 4 is 16.8 Å². The van der Waals surface area contributed by atoms with E-state index in [2.05, 4.69) is 10.5 Å². The van der Waals surface area contributed by atoms with Crippen LogP contribution in [0.2, 0.25) is 0 Å². The Morgan fingerprint density at radius 2 is 1.74 bits per heavy atom. The van der Waals surface area contributed by atoms with E-state index in [9.17, 15) is 31.1 Å². The number of para-hydroxylation sites is 1. The molecule has 0 aliphatic carbocycles. The average molecular weight is 612 g/mol.